The van der Waals surface area contributed by atoms with Gasteiger partial charge >= 0.3 is 0 Å². The molecule has 7 nitrogen and oxygen atoms in total. The van der Waals surface area contributed by atoms with Gasteiger partial charge in [0.1, 0.15) is 11.9 Å². The molecule has 0 radical (unpaired) electrons. The lowest BCUT2D eigenvalue weighted by atomic mass is 9.73. The van der Waals surface area contributed by atoms with Gasteiger partial charge in [0, 0.05) is 37.3 Å². The Kier molecular flexibility index (Phi) is 9.28. The van der Waals surface area contributed by atoms with Crippen LogP contribution in [0.3, 0.4) is 0 Å². The quantitative estimate of drug-likeness (QED) is 0.186. The molecule has 2 aromatic heterocycles. The molecule has 1 amide bonds. The fourth-order valence-corrected chi connectivity index (χ4v) is 6.94. The Labute approximate surface area is 226 Å². The second-order valence-corrected chi connectivity index (χ2v) is 12.0. The van der Waals surface area contributed by atoms with E-state index in [1.54, 1.807) is 24.6 Å². The number of methoxy groups -OCH3 is 1. The monoisotopic (exact) mass is 546 g/mol. The molecule has 2 N–H and O–H groups in total. The van der Waals surface area contributed by atoms with Gasteiger partial charge in [0.2, 0.25) is 5.91 Å². The number of hydrogen-bond acceptors (Lipinski definition) is 8. The number of likely N-dealkylation sites (tertiary alicyclic amines) is 1. The van der Waals surface area contributed by atoms with Gasteiger partial charge in [0.25, 0.3) is 0 Å². The Hall–Kier alpha value is -2.40. The molecule has 1 atom stereocenters. The van der Waals surface area contributed by atoms with Gasteiger partial charge in [-0.2, -0.15) is 0 Å². The number of ether oxygens (including phenoxy) is 1. The highest BCUT2D eigenvalue weighted by atomic mass is 32.2. The Balaban J connectivity index is 1.47. The lowest BCUT2D eigenvalue weighted by Gasteiger charge is -2.40. The first-order chi connectivity index (χ1) is 17.9. The standard InChI is InChI=1S/C27H35FN4O3S2/c1-31(2)23-18-29-22-7-6-19(35-3)17-20(22)25(23)21(28)8-9-27(26(33)30-34)10-12-32(13-11-27)14-16-37-24-5-4-15-36-24/h4-7,15,17-18,21,34H,8-14,16H2,1-3H3,(H,30,33)/t21-/m1/s1. The maximum atomic E-state index is 16.1. The second-order valence-electron chi connectivity index (χ2n) is 9.68. The van der Waals surface area contributed by atoms with Crippen LogP contribution in [-0.4, -0.2) is 67.6 Å². The number of halogens is 1. The summed E-state index contributed by atoms with van der Waals surface area (Å²) in [5.41, 5.74) is 3.02. The zero-order chi connectivity index (χ0) is 26.4. The summed E-state index contributed by atoms with van der Waals surface area (Å²) >= 11 is 3.58. The van der Waals surface area contributed by atoms with Crippen molar-refractivity contribution >= 4 is 45.6 Å². The highest BCUT2D eigenvalue weighted by Crippen LogP contribution is 2.43. The number of anilines is 1. The van der Waals surface area contributed by atoms with Gasteiger partial charge in [-0.25, -0.2) is 9.87 Å². The van der Waals surface area contributed by atoms with E-state index in [1.807, 2.05) is 54.4 Å². The molecule has 1 aliphatic heterocycles. The molecule has 1 fully saturated rings. The summed E-state index contributed by atoms with van der Waals surface area (Å²) in [4.78, 5) is 21.6. The highest BCUT2D eigenvalue weighted by molar-refractivity contribution is 8.01. The number of hydrogen-bond donors (Lipinski definition) is 2. The Morgan fingerprint density at radius 2 is 2.14 bits per heavy atom. The van der Waals surface area contributed by atoms with Crippen LogP contribution in [0.25, 0.3) is 10.9 Å². The number of thiophene rings is 1. The maximum absolute atomic E-state index is 16.1. The van der Waals surface area contributed by atoms with E-state index in [9.17, 15) is 10.0 Å². The van der Waals surface area contributed by atoms with E-state index in [1.165, 1.54) is 4.21 Å². The first-order valence-corrected chi connectivity index (χ1v) is 14.3. The fraction of sp³-hybridized carbons (Fsp3) is 0.481. The molecule has 1 aliphatic rings. The van der Waals surface area contributed by atoms with Crippen molar-refractivity contribution in [1.82, 2.24) is 15.4 Å². The molecule has 0 aliphatic carbocycles. The third-order valence-corrected chi connectivity index (χ3v) is 9.42. The second kappa shape index (κ2) is 12.4. The molecule has 37 heavy (non-hydrogen) atoms. The molecule has 1 aromatic carbocycles. The third kappa shape index (κ3) is 6.37. The number of aromatic nitrogens is 1. The van der Waals surface area contributed by atoms with E-state index in [0.717, 1.165) is 25.4 Å². The van der Waals surface area contributed by atoms with Crippen molar-refractivity contribution < 1.29 is 19.1 Å². The average Bonchev–Trinajstić information content (AvgIpc) is 3.44. The number of nitrogens with one attached hydrogen (secondary N) is 1. The minimum absolute atomic E-state index is 0.165. The van der Waals surface area contributed by atoms with Crippen molar-refractivity contribution in [2.45, 2.75) is 36.1 Å². The lowest BCUT2D eigenvalue weighted by molar-refractivity contribution is -0.143. The first-order valence-electron chi connectivity index (χ1n) is 12.5. The van der Waals surface area contributed by atoms with Gasteiger partial charge < -0.3 is 14.5 Å². The van der Waals surface area contributed by atoms with Crippen molar-refractivity contribution in [2.75, 3.05) is 51.5 Å². The highest BCUT2D eigenvalue weighted by Gasteiger charge is 2.41. The zero-order valence-corrected chi connectivity index (χ0v) is 23.2. The van der Waals surface area contributed by atoms with Gasteiger partial charge in [-0.1, -0.05) is 6.07 Å². The smallest absolute Gasteiger partial charge is 0.249 e. The Morgan fingerprint density at radius 3 is 2.78 bits per heavy atom. The number of nitrogens with zero attached hydrogens (tertiary/aromatic N) is 3. The molecule has 0 saturated carbocycles. The number of thioether (sulfide) groups is 1. The van der Waals surface area contributed by atoms with Gasteiger partial charge in [0.15, 0.2) is 0 Å². The average molecular weight is 547 g/mol. The van der Waals surface area contributed by atoms with Crippen LogP contribution in [0.2, 0.25) is 0 Å². The number of rotatable bonds is 11. The van der Waals surface area contributed by atoms with Gasteiger partial charge in [-0.05, 0) is 68.4 Å². The number of benzene rings is 1. The van der Waals surface area contributed by atoms with Crippen LogP contribution >= 0.6 is 23.1 Å². The summed E-state index contributed by atoms with van der Waals surface area (Å²) in [6.07, 6.45) is 2.07. The molecule has 3 heterocycles. The summed E-state index contributed by atoms with van der Waals surface area (Å²) < 4.78 is 22.8. The van der Waals surface area contributed by atoms with Crippen LogP contribution in [0, 0.1) is 5.41 Å². The van der Waals surface area contributed by atoms with Crippen LogP contribution in [0.1, 0.15) is 37.4 Å². The van der Waals surface area contributed by atoms with Gasteiger partial charge in [0.05, 0.1) is 34.1 Å². The molecule has 4 rings (SSSR count). The summed E-state index contributed by atoms with van der Waals surface area (Å²) in [6.45, 7) is 2.42. The van der Waals surface area contributed by atoms with E-state index in [0.29, 0.717) is 47.2 Å². The van der Waals surface area contributed by atoms with Crippen molar-refractivity contribution in [2.24, 2.45) is 5.41 Å². The van der Waals surface area contributed by atoms with Gasteiger partial charge in [-0.3, -0.25) is 15.0 Å². The van der Waals surface area contributed by atoms with E-state index in [-0.39, 0.29) is 6.42 Å². The number of pyridine rings is 1. The number of carbonyl (C=O) groups is 1. The molecule has 200 valence electrons. The third-order valence-electron chi connectivity index (χ3n) is 7.31. The maximum Gasteiger partial charge on any atom is 0.249 e. The van der Waals surface area contributed by atoms with Crippen LogP contribution in [0.5, 0.6) is 5.75 Å². The Bertz CT molecular complexity index is 1180. The summed E-state index contributed by atoms with van der Waals surface area (Å²) in [7, 11) is 5.32. The van der Waals surface area contributed by atoms with Crippen molar-refractivity contribution in [1.29, 1.82) is 0 Å². The fourth-order valence-electron chi connectivity index (χ4n) is 5.08. The van der Waals surface area contributed by atoms with E-state index < -0.39 is 17.5 Å². The van der Waals surface area contributed by atoms with Crippen LogP contribution in [0.15, 0.2) is 46.1 Å². The number of piperidine rings is 1. The molecule has 0 spiro atoms. The molecular formula is C27H35FN4O3S2. The normalized spacial score (nSPS) is 16.5. The summed E-state index contributed by atoms with van der Waals surface area (Å²) in [5.74, 6) is 1.21. The van der Waals surface area contributed by atoms with Crippen LogP contribution in [-0.2, 0) is 4.79 Å². The molecule has 10 heteroatoms. The number of hydroxylamine groups is 1. The minimum Gasteiger partial charge on any atom is -0.497 e. The number of alkyl halides is 1. The van der Waals surface area contributed by atoms with Gasteiger partial charge in [-0.15, -0.1) is 23.1 Å². The molecule has 0 unspecified atom stereocenters. The van der Waals surface area contributed by atoms with E-state index in [2.05, 4.69) is 27.4 Å². The lowest BCUT2D eigenvalue weighted by Crippen LogP contribution is -2.48. The Morgan fingerprint density at radius 1 is 1.35 bits per heavy atom. The van der Waals surface area contributed by atoms with Crippen LogP contribution < -0.4 is 15.1 Å². The zero-order valence-electron chi connectivity index (χ0n) is 21.6. The molecular weight excluding hydrogens is 511 g/mol. The topological polar surface area (TPSA) is 77.9 Å². The van der Waals surface area contributed by atoms with Crippen molar-refractivity contribution in [3.05, 3.63) is 47.5 Å². The predicted molar refractivity (Wildman–Crippen MR) is 149 cm³/mol. The van der Waals surface area contributed by atoms with E-state index >= 15 is 4.39 Å². The molecule has 0 bridgehead atoms. The van der Waals surface area contributed by atoms with Crippen molar-refractivity contribution in [3.8, 4) is 5.75 Å². The minimum atomic E-state index is -1.31. The van der Waals surface area contributed by atoms with Crippen molar-refractivity contribution in [3.63, 3.8) is 0 Å². The first kappa shape index (κ1) is 27.6. The summed E-state index contributed by atoms with van der Waals surface area (Å²) in [5, 5.41) is 12.3. The SMILES string of the molecule is COc1ccc2ncc(N(C)C)c([C@H](F)CCC3(C(=O)NO)CCN(CCSc4cccs4)CC3)c2c1. The number of amides is 1. The largest absolute Gasteiger partial charge is 0.497 e. The summed E-state index contributed by atoms with van der Waals surface area (Å²) in [6, 6.07) is 9.64. The van der Waals surface area contributed by atoms with Crippen LogP contribution in [0.4, 0.5) is 10.1 Å². The predicted octanol–water partition coefficient (Wildman–Crippen LogP) is 5.54. The molecule has 3 aromatic rings. The molecule has 1 saturated heterocycles. The number of fused-ring (bicyclic) bond motifs is 1. The number of carbonyl (C=O) groups excluding carboxylic acids is 1. The van der Waals surface area contributed by atoms with E-state index in [4.69, 9.17) is 4.74 Å².